The lowest BCUT2D eigenvalue weighted by Gasteiger charge is -2.12. The van der Waals surface area contributed by atoms with Crippen molar-refractivity contribution in [2.75, 3.05) is 6.54 Å². The minimum atomic E-state index is -0.299. The lowest BCUT2D eigenvalue weighted by Crippen LogP contribution is -2.36. The first kappa shape index (κ1) is 15.6. The zero-order chi connectivity index (χ0) is 14.3. The molecule has 19 heavy (non-hydrogen) atoms. The van der Waals surface area contributed by atoms with E-state index < -0.39 is 0 Å². The zero-order valence-electron chi connectivity index (χ0n) is 10.6. The third-order valence-electron chi connectivity index (χ3n) is 2.35. The molecule has 0 saturated heterocycles. The predicted octanol–water partition coefficient (Wildman–Crippen LogP) is 4.01. The fourth-order valence-electron chi connectivity index (χ4n) is 1.41. The van der Waals surface area contributed by atoms with E-state index in [1.54, 1.807) is 31.2 Å². The molecule has 1 unspecified atom stereocenters. The van der Waals surface area contributed by atoms with Gasteiger partial charge in [0.05, 0.1) is 5.38 Å². The zero-order valence-corrected chi connectivity index (χ0v) is 12.1. The van der Waals surface area contributed by atoms with Gasteiger partial charge in [0.2, 0.25) is 0 Å². The summed E-state index contributed by atoms with van der Waals surface area (Å²) in [5.41, 5.74) is 1.62. The number of hydrogen-bond donors (Lipinski definition) is 2. The molecule has 102 valence electrons. The molecule has 0 fully saturated rings. The van der Waals surface area contributed by atoms with Crippen LogP contribution < -0.4 is 10.6 Å². The first-order valence-electron chi connectivity index (χ1n) is 5.76. The molecule has 1 atom stereocenters. The van der Waals surface area contributed by atoms with Crippen LogP contribution in [-0.4, -0.2) is 12.6 Å². The van der Waals surface area contributed by atoms with Gasteiger partial charge in [-0.2, -0.15) is 0 Å². The molecule has 0 bridgehead atoms. The number of allylic oxidation sites excluding steroid dienone is 3. The Morgan fingerprint density at radius 2 is 2.05 bits per heavy atom. The highest BCUT2D eigenvalue weighted by molar-refractivity contribution is 6.30. The van der Waals surface area contributed by atoms with Crippen LogP contribution in [0.2, 0.25) is 5.02 Å². The van der Waals surface area contributed by atoms with Gasteiger partial charge in [0.15, 0.2) is 0 Å². The molecule has 2 N–H and O–H groups in total. The normalized spacial score (nSPS) is 12.7. The first-order chi connectivity index (χ1) is 9.02. The van der Waals surface area contributed by atoms with Crippen LogP contribution in [0.15, 0.2) is 48.7 Å². The number of nitrogens with one attached hydrogen (secondary N) is 2. The highest BCUT2D eigenvalue weighted by atomic mass is 35.5. The number of alkyl halides is 1. The van der Waals surface area contributed by atoms with E-state index >= 15 is 0 Å². The summed E-state index contributed by atoms with van der Waals surface area (Å²) in [6.07, 6.45) is 3.31. The molecule has 2 amide bonds. The van der Waals surface area contributed by atoms with Gasteiger partial charge in [-0.15, -0.1) is 11.6 Å². The second kappa shape index (κ2) is 7.87. The molecule has 0 aromatic heterocycles. The number of urea groups is 1. The number of rotatable bonds is 5. The van der Waals surface area contributed by atoms with Gasteiger partial charge in [-0.25, -0.2) is 4.79 Å². The standard InChI is InChI=1S/C14H16Cl2N2O/c1-3-4-10(2)18-14(19)17-9-13(16)11-5-7-12(15)8-6-11/h3-8,13H,1,9H2,2H3,(H2,17,18,19)/b10-4+. The Morgan fingerprint density at radius 1 is 1.42 bits per heavy atom. The van der Waals surface area contributed by atoms with Crippen molar-refractivity contribution >= 4 is 29.2 Å². The van der Waals surface area contributed by atoms with Crippen LogP contribution in [0.5, 0.6) is 0 Å². The average molecular weight is 299 g/mol. The van der Waals surface area contributed by atoms with Crippen molar-refractivity contribution in [2.45, 2.75) is 12.3 Å². The van der Waals surface area contributed by atoms with Crippen LogP contribution in [0.4, 0.5) is 4.79 Å². The minimum Gasteiger partial charge on any atom is -0.336 e. The number of hydrogen-bond acceptors (Lipinski definition) is 1. The number of amides is 2. The maximum atomic E-state index is 11.5. The van der Waals surface area contributed by atoms with Crippen LogP contribution in [-0.2, 0) is 0 Å². The highest BCUT2D eigenvalue weighted by Crippen LogP contribution is 2.21. The van der Waals surface area contributed by atoms with E-state index in [-0.39, 0.29) is 11.4 Å². The van der Waals surface area contributed by atoms with Crippen molar-refractivity contribution in [3.05, 3.63) is 59.3 Å². The number of halogens is 2. The molecule has 5 heteroatoms. The third-order valence-corrected chi connectivity index (χ3v) is 3.01. The van der Waals surface area contributed by atoms with Gasteiger partial charge in [0.1, 0.15) is 0 Å². The van der Waals surface area contributed by atoms with Crippen molar-refractivity contribution < 1.29 is 4.79 Å². The second-order valence-corrected chi connectivity index (χ2v) is 4.90. The van der Waals surface area contributed by atoms with Crippen LogP contribution in [0.25, 0.3) is 0 Å². The molecular weight excluding hydrogens is 283 g/mol. The molecule has 0 heterocycles. The van der Waals surface area contributed by atoms with Crippen LogP contribution in [0, 0.1) is 0 Å². The van der Waals surface area contributed by atoms with Gasteiger partial charge in [0.25, 0.3) is 0 Å². The van der Waals surface area contributed by atoms with Crippen molar-refractivity contribution in [3.8, 4) is 0 Å². The topological polar surface area (TPSA) is 41.1 Å². The Morgan fingerprint density at radius 3 is 2.63 bits per heavy atom. The molecule has 0 radical (unpaired) electrons. The van der Waals surface area contributed by atoms with Crippen LogP contribution in [0.1, 0.15) is 17.9 Å². The molecule has 1 aromatic rings. The number of benzene rings is 1. The van der Waals surface area contributed by atoms with E-state index in [9.17, 15) is 4.79 Å². The van der Waals surface area contributed by atoms with Gasteiger partial charge >= 0.3 is 6.03 Å². The Balaban J connectivity index is 2.43. The fourth-order valence-corrected chi connectivity index (χ4v) is 1.76. The summed E-state index contributed by atoms with van der Waals surface area (Å²) >= 11 is 12.0. The number of carbonyl (C=O) groups is 1. The molecule has 0 aliphatic heterocycles. The summed E-state index contributed by atoms with van der Waals surface area (Å²) in [5.74, 6) is 0. The summed E-state index contributed by atoms with van der Waals surface area (Å²) in [7, 11) is 0. The average Bonchev–Trinajstić information content (AvgIpc) is 2.37. The summed E-state index contributed by atoms with van der Waals surface area (Å²) < 4.78 is 0. The first-order valence-corrected chi connectivity index (χ1v) is 6.58. The van der Waals surface area contributed by atoms with Gasteiger partial charge in [-0.3, -0.25) is 0 Å². The maximum absolute atomic E-state index is 11.5. The van der Waals surface area contributed by atoms with E-state index in [0.717, 1.165) is 5.56 Å². The molecule has 0 spiro atoms. The molecule has 0 aliphatic carbocycles. The SMILES string of the molecule is C=C/C=C(\C)NC(=O)NCC(Cl)c1ccc(Cl)cc1. The fraction of sp³-hybridized carbons (Fsp3) is 0.214. The maximum Gasteiger partial charge on any atom is 0.319 e. The van der Waals surface area contributed by atoms with E-state index in [2.05, 4.69) is 17.2 Å². The Hall–Kier alpha value is -1.45. The third kappa shape index (κ3) is 5.81. The van der Waals surface area contributed by atoms with Crippen molar-refractivity contribution in [3.63, 3.8) is 0 Å². The Labute approximate surface area is 123 Å². The second-order valence-electron chi connectivity index (χ2n) is 3.94. The minimum absolute atomic E-state index is 0.296. The lowest BCUT2D eigenvalue weighted by atomic mass is 10.1. The molecule has 3 nitrogen and oxygen atoms in total. The van der Waals surface area contributed by atoms with Crippen LogP contribution >= 0.6 is 23.2 Å². The van der Waals surface area contributed by atoms with Crippen LogP contribution in [0.3, 0.4) is 0 Å². The Kier molecular flexibility index (Phi) is 6.46. The Bertz CT molecular complexity index is 469. The van der Waals surface area contributed by atoms with Crippen molar-refractivity contribution in [1.29, 1.82) is 0 Å². The monoisotopic (exact) mass is 298 g/mol. The van der Waals surface area contributed by atoms with E-state index in [1.807, 2.05) is 12.1 Å². The lowest BCUT2D eigenvalue weighted by molar-refractivity contribution is 0.243. The smallest absolute Gasteiger partial charge is 0.319 e. The van der Waals surface area contributed by atoms with Crippen molar-refractivity contribution in [1.82, 2.24) is 10.6 Å². The predicted molar refractivity (Wildman–Crippen MR) is 80.5 cm³/mol. The van der Waals surface area contributed by atoms with Gasteiger partial charge in [0, 0.05) is 17.3 Å². The summed E-state index contributed by atoms with van der Waals surface area (Å²) in [6.45, 7) is 5.66. The molecular formula is C14H16Cl2N2O. The van der Waals surface area contributed by atoms with Crippen molar-refractivity contribution in [2.24, 2.45) is 0 Å². The van der Waals surface area contributed by atoms with Gasteiger partial charge in [-0.1, -0.05) is 36.4 Å². The molecule has 1 aromatic carbocycles. The highest BCUT2D eigenvalue weighted by Gasteiger charge is 2.09. The van der Waals surface area contributed by atoms with Gasteiger partial charge in [-0.05, 0) is 30.7 Å². The van der Waals surface area contributed by atoms with E-state index in [4.69, 9.17) is 23.2 Å². The quantitative estimate of drug-likeness (QED) is 0.626. The van der Waals surface area contributed by atoms with E-state index in [1.165, 1.54) is 0 Å². The van der Waals surface area contributed by atoms with Gasteiger partial charge < -0.3 is 10.6 Å². The number of carbonyl (C=O) groups excluding carboxylic acids is 1. The molecule has 0 aliphatic rings. The summed E-state index contributed by atoms with van der Waals surface area (Å²) in [6, 6.07) is 6.91. The molecule has 1 rings (SSSR count). The summed E-state index contributed by atoms with van der Waals surface area (Å²) in [4.78, 5) is 11.5. The van der Waals surface area contributed by atoms with E-state index in [0.29, 0.717) is 17.3 Å². The molecule has 0 saturated carbocycles. The summed E-state index contributed by atoms with van der Waals surface area (Å²) in [5, 5.41) is 5.71. The largest absolute Gasteiger partial charge is 0.336 e.